The SMILES string of the molecule is CC(C#N)CN(C)Cc1c(C(=O)O)sc2cccc(F)c12. The van der Waals surface area contributed by atoms with E-state index in [1.54, 1.807) is 26.1 Å². The monoisotopic (exact) mass is 306 g/mol. The molecule has 21 heavy (non-hydrogen) atoms. The minimum absolute atomic E-state index is 0.159. The van der Waals surface area contributed by atoms with Crippen LogP contribution < -0.4 is 0 Å². The Morgan fingerprint density at radius 2 is 2.29 bits per heavy atom. The van der Waals surface area contributed by atoms with Crippen molar-refractivity contribution >= 4 is 27.4 Å². The van der Waals surface area contributed by atoms with Gasteiger partial charge in [0.15, 0.2) is 0 Å². The number of halogens is 1. The lowest BCUT2D eigenvalue weighted by atomic mass is 10.1. The van der Waals surface area contributed by atoms with Gasteiger partial charge in [-0.25, -0.2) is 9.18 Å². The fourth-order valence-electron chi connectivity index (χ4n) is 2.33. The number of carbonyl (C=O) groups is 1. The van der Waals surface area contributed by atoms with E-state index < -0.39 is 11.8 Å². The molecule has 2 rings (SSSR count). The molecule has 0 aliphatic carbocycles. The molecule has 0 saturated carbocycles. The second-order valence-corrected chi connectivity index (χ2v) is 6.11. The van der Waals surface area contributed by atoms with E-state index in [4.69, 9.17) is 5.26 Å². The van der Waals surface area contributed by atoms with Crippen LogP contribution in [0.2, 0.25) is 0 Å². The van der Waals surface area contributed by atoms with E-state index in [2.05, 4.69) is 6.07 Å². The average molecular weight is 306 g/mol. The van der Waals surface area contributed by atoms with Crippen LogP contribution in [0, 0.1) is 23.1 Å². The average Bonchev–Trinajstić information content (AvgIpc) is 2.78. The molecule has 0 aliphatic heterocycles. The zero-order valence-corrected chi connectivity index (χ0v) is 12.6. The van der Waals surface area contributed by atoms with E-state index in [1.165, 1.54) is 6.07 Å². The molecule has 1 atom stereocenters. The van der Waals surface area contributed by atoms with Gasteiger partial charge in [-0.05, 0) is 26.1 Å². The first-order chi connectivity index (χ1) is 9.93. The first-order valence-corrected chi connectivity index (χ1v) is 7.27. The molecule has 0 aliphatic rings. The molecule has 0 spiro atoms. The van der Waals surface area contributed by atoms with Crippen LogP contribution in [0.4, 0.5) is 4.39 Å². The highest BCUT2D eigenvalue weighted by Gasteiger charge is 2.21. The van der Waals surface area contributed by atoms with Gasteiger partial charge in [-0.1, -0.05) is 6.07 Å². The van der Waals surface area contributed by atoms with Crippen LogP contribution in [0.25, 0.3) is 10.1 Å². The third-order valence-corrected chi connectivity index (χ3v) is 4.38. The summed E-state index contributed by atoms with van der Waals surface area (Å²) in [7, 11) is 1.80. The van der Waals surface area contributed by atoms with E-state index in [1.807, 2.05) is 4.90 Å². The first-order valence-electron chi connectivity index (χ1n) is 6.45. The number of benzene rings is 1. The van der Waals surface area contributed by atoms with Gasteiger partial charge in [-0.3, -0.25) is 0 Å². The van der Waals surface area contributed by atoms with Gasteiger partial charge in [0.2, 0.25) is 0 Å². The maximum atomic E-state index is 14.0. The molecule has 0 amide bonds. The summed E-state index contributed by atoms with van der Waals surface area (Å²) in [5.74, 6) is -1.63. The van der Waals surface area contributed by atoms with E-state index >= 15 is 0 Å². The molecule has 2 aromatic rings. The Morgan fingerprint density at radius 1 is 1.57 bits per heavy atom. The van der Waals surface area contributed by atoms with Crippen LogP contribution in [0.5, 0.6) is 0 Å². The molecule has 1 aromatic carbocycles. The molecular formula is C15H15FN2O2S. The van der Waals surface area contributed by atoms with Crippen LogP contribution in [-0.2, 0) is 6.54 Å². The maximum absolute atomic E-state index is 14.0. The highest BCUT2D eigenvalue weighted by Crippen LogP contribution is 2.34. The third-order valence-electron chi connectivity index (χ3n) is 3.19. The van der Waals surface area contributed by atoms with Gasteiger partial charge >= 0.3 is 5.97 Å². The van der Waals surface area contributed by atoms with Crippen LogP contribution in [0.15, 0.2) is 18.2 Å². The van der Waals surface area contributed by atoms with E-state index in [9.17, 15) is 14.3 Å². The van der Waals surface area contributed by atoms with Gasteiger partial charge < -0.3 is 10.0 Å². The summed E-state index contributed by atoms with van der Waals surface area (Å²) >= 11 is 1.08. The largest absolute Gasteiger partial charge is 0.477 e. The summed E-state index contributed by atoms with van der Waals surface area (Å²) in [6.45, 7) is 2.59. The molecule has 1 unspecified atom stereocenters. The number of aromatic carboxylic acids is 1. The van der Waals surface area contributed by atoms with Crippen LogP contribution in [0.1, 0.15) is 22.2 Å². The Balaban J connectivity index is 2.44. The molecule has 0 radical (unpaired) electrons. The number of carboxylic acids is 1. The highest BCUT2D eigenvalue weighted by atomic mass is 32.1. The van der Waals surface area contributed by atoms with Crippen LogP contribution in [0.3, 0.4) is 0 Å². The fraction of sp³-hybridized carbons (Fsp3) is 0.333. The normalized spacial score (nSPS) is 12.5. The van der Waals surface area contributed by atoms with Gasteiger partial charge in [0.05, 0.1) is 12.0 Å². The second-order valence-electron chi connectivity index (χ2n) is 5.05. The van der Waals surface area contributed by atoms with Crippen molar-refractivity contribution in [2.75, 3.05) is 13.6 Å². The zero-order valence-electron chi connectivity index (χ0n) is 11.8. The number of rotatable bonds is 5. The number of carboxylic acid groups (broad SMARTS) is 1. The quantitative estimate of drug-likeness (QED) is 0.920. The second kappa shape index (κ2) is 6.20. The lowest BCUT2D eigenvalue weighted by Gasteiger charge is -2.18. The van der Waals surface area contributed by atoms with Gasteiger partial charge in [-0.2, -0.15) is 5.26 Å². The number of hydrogen-bond donors (Lipinski definition) is 1. The van der Waals surface area contributed by atoms with Gasteiger partial charge in [0.1, 0.15) is 10.7 Å². The highest BCUT2D eigenvalue weighted by molar-refractivity contribution is 7.21. The lowest BCUT2D eigenvalue weighted by Crippen LogP contribution is -2.24. The van der Waals surface area contributed by atoms with Crippen molar-refractivity contribution in [3.05, 3.63) is 34.5 Å². The molecule has 0 fully saturated rings. The van der Waals surface area contributed by atoms with Gasteiger partial charge in [0, 0.05) is 28.7 Å². The Kier molecular flexibility index (Phi) is 4.56. The van der Waals surface area contributed by atoms with Gasteiger partial charge in [0.25, 0.3) is 0 Å². The van der Waals surface area contributed by atoms with Crippen molar-refractivity contribution in [2.45, 2.75) is 13.5 Å². The van der Waals surface area contributed by atoms with Crippen molar-refractivity contribution in [3.8, 4) is 6.07 Å². The summed E-state index contributed by atoms with van der Waals surface area (Å²) < 4.78 is 14.7. The first kappa shape index (κ1) is 15.4. The minimum atomic E-state index is -1.05. The predicted octanol–water partition coefficient (Wildman–Crippen LogP) is 3.33. The maximum Gasteiger partial charge on any atom is 0.346 e. The molecule has 4 nitrogen and oxygen atoms in total. The number of hydrogen-bond acceptors (Lipinski definition) is 4. The van der Waals surface area contributed by atoms with Crippen LogP contribution in [-0.4, -0.2) is 29.6 Å². The Bertz CT molecular complexity index is 720. The minimum Gasteiger partial charge on any atom is -0.477 e. The predicted molar refractivity (Wildman–Crippen MR) is 79.9 cm³/mol. The molecular weight excluding hydrogens is 291 g/mol. The topological polar surface area (TPSA) is 64.3 Å². The fourth-order valence-corrected chi connectivity index (χ4v) is 3.40. The molecule has 1 heterocycles. The molecule has 0 bridgehead atoms. The van der Waals surface area contributed by atoms with E-state index in [0.717, 1.165) is 11.3 Å². The van der Waals surface area contributed by atoms with E-state index in [0.29, 0.717) is 28.7 Å². The molecule has 0 saturated heterocycles. The lowest BCUT2D eigenvalue weighted by molar-refractivity contribution is 0.0700. The standard InChI is InChI=1S/C15H15FN2O2S/c1-9(6-17)7-18(2)8-10-13-11(16)4-3-5-12(13)21-14(10)15(19)20/h3-5,9H,7-8H2,1-2H3,(H,19,20). The number of nitriles is 1. The van der Waals surface area contributed by atoms with Crippen molar-refractivity contribution in [1.29, 1.82) is 5.26 Å². The number of thiophene rings is 1. The Hall–Kier alpha value is -1.97. The Labute approximate surface area is 126 Å². The van der Waals surface area contributed by atoms with Gasteiger partial charge in [-0.15, -0.1) is 11.3 Å². The molecule has 1 aromatic heterocycles. The molecule has 6 heteroatoms. The molecule has 1 N–H and O–H groups in total. The summed E-state index contributed by atoms with van der Waals surface area (Å²) in [5, 5.41) is 18.5. The summed E-state index contributed by atoms with van der Waals surface area (Å²) in [5.41, 5.74) is 0.480. The van der Waals surface area contributed by atoms with E-state index in [-0.39, 0.29) is 10.8 Å². The summed E-state index contributed by atoms with van der Waals surface area (Å²) in [6, 6.07) is 6.76. The summed E-state index contributed by atoms with van der Waals surface area (Å²) in [6.07, 6.45) is 0. The molecule has 110 valence electrons. The van der Waals surface area contributed by atoms with Crippen LogP contribution >= 0.6 is 11.3 Å². The van der Waals surface area contributed by atoms with Crippen molar-refractivity contribution < 1.29 is 14.3 Å². The van der Waals surface area contributed by atoms with Crippen molar-refractivity contribution in [1.82, 2.24) is 4.90 Å². The number of fused-ring (bicyclic) bond motifs is 1. The Morgan fingerprint density at radius 3 is 2.90 bits per heavy atom. The number of nitrogens with zero attached hydrogens (tertiary/aromatic N) is 2. The zero-order chi connectivity index (χ0) is 15.6. The smallest absolute Gasteiger partial charge is 0.346 e. The third kappa shape index (κ3) is 3.20. The summed E-state index contributed by atoms with van der Waals surface area (Å²) in [4.78, 5) is 13.4. The van der Waals surface area contributed by atoms with Crippen molar-refractivity contribution in [3.63, 3.8) is 0 Å². The van der Waals surface area contributed by atoms with Crippen molar-refractivity contribution in [2.24, 2.45) is 5.92 Å².